The first-order valence-corrected chi connectivity index (χ1v) is 6.11. The largest absolute Gasteiger partial charge is 0.385 e. The zero-order chi connectivity index (χ0) is 11.5. The van der Waals surface area contributed by atoms with E-state index in [-0.39, 0.29) is 10.8 Å². The molecule has 0 aromatic heterocycles. The molecule has 3 atom stereocenters. The molecule has 2 rings (SSSR count). The normalized spacial score (nSPS) is 46.9. The minimum atomic E-state index is -0.595. The predicted molar refractivity (Wildman–Crippen MR) is 63.6 cm³/mol. The second-order valence-electron chi connectivity index (χ2n) is 6.71. The van der Waals surface area contributed by atoms with Gasteiger partial charge in [0.2, 0.25) is 0 Å². The molecule has 0 saturated heterocycles. The van der Waals surface area contributed by atoms with Crippen LogP contribution in [0.1, 0.15) is 53.9 Å². The highest BCUT2D eigenvalue weighted by Crippen LogP contribution is 2.68. The van der Waals surface area contributed by atoms with Crippen LogP contribution in [0.2, 0.25) is 0 Å². The Kier molecular flexibility index (Phi) is 2.15. The fourth-order valence-electron chi connectivity index (χ4n) is 4.07. The third-order valence-corrected chi connectivity index (χ3v) is 5.16. The second-order valence-corrected chi connectivity index (χ2v) is 6.71. The summed E-state index contributed by atoms with van der Waals surface area (Å²) in [5, 5.41) is 11.1. The SMILES string of the molecule is CC(C)=C[C@]1(O)C(C)(C)[C@H]2CC[C@]1(C)C2. The summed E-state index contributed by atoms with van der Waals surface area (Å²) in [4.78, 5) is 0. The average molecular weight is 208 g/mol. The Hall–Kier alpha value is -0.300. The lowest BCUT2D eigenvalue weighted by Gasteiger charge is -2.49. The zero-order valence-corrected chi connectivity index (χ0v) is 10.7. The highest BCUT2D eigenvalue weighted by molar-refractivity contribution is 5.27. The van der Waals surface area contributed by atoms with E-state index in [1.807, 2.05) is 0 Å². The molecule has 0 aromatic carbocycles. The van der Waals surface area contributed by atoms with Crippen LogP contribution in [0.5, 0.6) is 0 Å². The van der Waals surface area contributed by atoms with Crippen molar-refractivity contribution in [3.05, 3.63) is 11.6 Å². The minimum Gasteiger partial charge on any atom is -0.385 e. The lowest BCUT2D eigenvalue weighted by molar-refractivity contribution is -0.104. The summed E-state index contributed by atoms with van der Waals surface area (Å²) in [5.41, 5.74) is 0.789. The molecule has 0 amide bonds. The molecule has 2 aliphatic carbocycles. The summed E-state index contributed by atoms with van der Waals surface area (Å²) in [6, 6.07) is 0. The number of hydrogen-bond acceptors (Lipinski definition) is 1. The molecule has 2 fully saturated rings. The van der Waals surface area contributed by atoms with Crippen molar-refractivity contribution < 1.29 is 5.11 Å². The van der Waals surface area contributed by atoms with E-state index in [0.717, 1.165) is 0 Å². The molecule has 0 spiro atoms. The van der Waals surface area contributed by atoms with Gasteiger partial charge in [-0.25, -0.2) is 0 Å². The molecular formula is C14H24O. The first-order valence-electron chi connectivity index (χ1n) is 6.11. The molecule has 0 aromatic rings. The maximum Gasteiger partial charge on any atom is 0.0936 e. The fraction of sp³-hybridized carbons (Fsp3) is 0.857. The van der Waals surface area contributed by atoms with Crippen LogP contribution in [0, 0.1) is 16.7 Å². The third-order valence-electron chi connectivity index (χ3n) is 5.16. The van der Waals surface area contributed by atoms with E-state index in [2.05, 4.69) is 40.7 Å². The highest BCUT2D eigenvalue weighted by Gasteiger charge is 2.67. The van der Waals surface area contributed by atoms with Gasteiger partial charge in [0.15, 0.2) is 0 Å². The van der Waals surface area contributed by atoms with Gasteiger partial charge < -0.3 is 5.11 Å². The van der Waals surface area contributed by atoms with Gasteiger partial charge in [0.05, 0.1) is 5.60 Å². The maximum absolute atomic E-state index is 11.1. The molecule has 0 aliphatic heterocycles. The van der Waals surface area contributed by atoms with Gasteiger partial charge in [-0.15, -0.1) is 0 Å². The summed E-state index contributed by atoms with van der Waals surface area (Å²) in [7, 11) is 0. The second kappa shape index (κ2) is 2.88. The van der Waals surface area contributed by atoms with Gasteiger partial charge in [-0.3, -0.25) is 0 Å². The van der Waals surface area contributed by atoms with Crippen LogP contribution >= 0.6 is 0 Å². The van der Waals surface area contributed by atoms with Gasteiger partial charge in [-0.1, -0.05) is 32.4 Å². The molecule has 0 radical (unpaired) electrons. The van der Waals surface area contributed by atoms with Gasteiger partial charge in [0.25, 0.3) is 0 Å². The molecule has 1 heteroatoms. The lowest BCUT2D eigenvalue weighted by Crippen LogP contribution is -2.52. The summed E-state index contributed by atoms with van der Waals surface area (Å²) in [6.45, 7) is 10.9. The number of aliphatic hydroxyl groups is 1. The molecule has 15 heavy (non-hydrogen) atoms. The molecule has 1 nitrogen and oxygen atoms in total. The maximum atomic E-state index is 11.1. The zero-order valence-electron chi connectivity index (χ0n) is 10.7. The number of fused-ring (bicyclic) bond motifs is 2. The van der Waals surface area contributed by atoms with Gasteiger partial charge in [-0.05, 0) is 39.0 Å². The fourth-order valence-corrected chi connectivity index (χ4v) is 4.07. The van der Waals surface area contributed by atoms with Crippen molar-refractivity contribution in [3.8, 4) is 0 Å². The van der Waals surface area contributed by atoms with E-state index in [4.69, 9.17) is 0 Å². The van der Waals surface area contributed by atoms with E-state index >= 15 is 0 Å². The molecule has 0 heterocycles. The Bertz CT molecular complexity index is 305. The molecular weight excluding hydrogens is 184 g/mol. The van der Waals surface area contributed by atoms with Crippen molar-refractivity contribution in [1.82, 2.24) is 0 Å². The Labute approximate surface area is 93.6 Å². The summed E-state index contributed by atoms with van der Waals surface area (Å²) in [5.74, 6) is 0.697. The van der Waals surface area contributed by atoms with Crippen molar-refractivity contribution in [3.63, 3.8) is 0 Å². The van der Waals surface area contributed by atoms with Crippen molar-refractivity contribution in [2.45, 2.75) is 59.5 Å². The van der Waals surface area contributed by atoms with Crippen LogP contribution in [-0.4, -0.2) is 10.7 Å². The summed E-state index contributed by atoms with van der Waals surface area (Å²) < 4.78 is 0. The van der Waals surface area contributed by atoms with E-state index < -0.39 is 5.60 Å². The highest BCUT2D eigenvalue weighted by atomic mass is 16.3. The third kappa shape index (κ3) is 1.19. The summed E-state index contributed by atoms with van der Waals surface area (Å²) >= 11 is 0. The van der Waals surface area contributed by atoms with Crippen LogP contribution in [0.25, 0.3) is 0 Å². The average Bonchev–Trinajstić information content (AvgIpc) is 2.51. The van der Waals surface area contributed by atoms with E-state index in [1.54, 1.807) is 0 Å². The van der Waals surface area contributed by atoms with Crippen LogP contribution in [0.4, 0.5) is 0 Å². The lowest BCUT2D eigenvalue weighted by atomic mass is 9.60. The first kappa shape index (κ1) is 11.2. The van der Waals surface area contributed by atoms with E-state index in [9.17, 15) is 5.11 Å². The Morgan fingerprint density at radius 2 is 1.87 bits per heavy atom. The summed E-state index contributed by atoms with van der Waals surface area (Å²) in [6.07, 6.45) is 5.79. The topological polar surface area (TPSA) is 20.2 Å². The van der Waals surface area contributed by atoms with Crippen molar-refractivity contribution >= 4 is 0 Å². The van der Waals surface area contributed by atoms with Crippen molar-refractivity contribution in [2.24, 2.45) is 16.7 Å². The van der Waals surface area contributed by atoms with Crippen LogP contribution in [0.15, 0.2) is 11.6 Å². The van der Waals surface area contributed by atoms with E-state index in [1.165, 1.54) is 24.8 Å². The van der Waals surface area contributed by atoms with E-state index in [0.29, 0.717) is 5.92 Å². The minimum absolute atomic E-state index is 0.0390. The Morgan fingerprint density at radius 1 is 1.27 bits per heavy atom. The van der Waals surface area contributed by atoms with Crippen LogP contribution in [-0.2, 0) is 0 Å². The predicted octanol–water partition coefficient (Wildman–Crippen LogP) is 3.53. The number of allylic oxidation sites excluding steroid dienone is 1. The van der Waals surface area contributed by atoms with Gasteiger partial charge in [0, 0.05) is 10.8 Å². The molecule has 2 aliphatic rings. The number of rotatable bonds is 1. The Balaban J connectivity index is 2.50. The first-order chi connectivity index (χ1) is 6.73. The molecule has 2 saturated carbocycles. The van der Waals surface area contributed by atoms with Crippen molar-refractivity contribution in [1.29, 1.82) is 0 Å². The molecule has 2 bridgehead atoms. The monoisotopic (exact) mass is 208 g/mol. The van der Waals surface area contributed by atoms with Crippen LogP contribution in [0.3, 0.4) is 0 Å². The number of hydrogen-bond donors (Lipinski definition) is 1. The molecule has 86 valence electrons. The smallest absolute Gasteiger partial charge is 0.0936 e. The van der Waals surface area contributed by atoms with Gasteiger partial charge >= 0.3 is 0 Å². The Morgan fingerprint density at radius 3 is 2.27 bits per heavy atom. The van der Waals surface area contributed by atoms with Gasteiger partial charge in [0.1, 0.15) is 0 Å². The standard InChI is InChI=1S/C14H24O/c1-10(2)8-14(15)12(3,4)11-6-7-13(14,5)9-11/h8,11,15H,6-7,9H2,1-5H3/t11-,13+,14-/m0/s1. The van der Waals surface area contributed by atoms with Gasteiger partial charge in [-0.2, -0.15) is 0 Å². The molecule has 0 unspecified atom stereocenters. The molecule has 1 N–H and O–H groups in total. The van der Waals surface area contributed by atoms with Crippen molar-refractivity contribution in [2.75, 3.05) is 0 Å². The quantitative estimate of drug-likeness (QED) is 0.654. The van der Waals surface area contributed by atoms with Crippen LogP contribution < -0.4 is 0 Å².